The molecule has 110 valence electrons. The van der Waals surface area contributed by atoms with Crippen LogP contribution in [0.2, 0.25) is 0 Å². The molecule has 2 rings (SSSR count). The molecule has 1 heterocycles. The zero-order chi connectivity index (χ0) is 15.2. The van der Waals surface area contributed by atoms with Gasteiger partial charge in [-0.25, -0.2) is 10.4 Å². The minimum absolute atomic E-state index is 0.0731. The first kappa shape index (κ1) is 15.2. The van der Waals surface area contributed by atoms with Crippen LogP contribution in [0.5, 0.6) is 5.75 Å². The molecule has 1 amide bonds. The molecule has 0 atom stereocenters. The summed E-state index contributed by atoms with van der Waals surface area (Å²) >= 11 is 1.53. The Kier molecular flexibility index (Phi) is 5.05. The molecular formula is C15H17N3O2S. The highest BCUT2D eigenvalue weighted by molar-refractivity contribution is 7.09. The molecule has 5 nitrogen and oxygen atoms in total. The maximum absolute atomic E-state index is 11.6. The van der Waals surface area contributed by atoms with E-state index < -0.39 is 0 Å². The maximum Gasteiger partial charge on any atom is 0.277 e. The summed E-state index contributed by atoms with van der Waals surface area (Å²) < 4.78 is 5.44. The maximum atomic E-state index is 11.6. The van der Waals surface area contributed by atoms with Crippen LogP contribution in [-0.2, 0) is 4.79 Å². The lowest BCUT2D eigenvalue weighted by atomic mass is 10.1. The summed E-state index contributed by atoms with van der Waals surface area (Å²) in [5.74, 6) is 0.374. The Hall–Kier alpha value is -2.21. The number of rotatable bonds is 5. The number of hydrogen-bond acceptors (Lipinski definition) is 5. The van der Waals surface area contributed by atoms with E-state index in [1.54, 1.807) is 0 Å². The Morgan fingerprint density at radius 1 is 1.33 bits per heavy atom. The molecule has 0 unspecified atom stereocenters. The van der Waals surface area contributed by atoms with Crippen molar-refractivity contribution >= 4 is 23.5 Å². The molecule has 0 aliphatic heterocycles. The molecular weight excluding hydrogens is 286 g/mol. The molecule has 0 saturated heterocycles. The van der Waals surface area contributed by atoms with Gasteiger partial charge in [-0.05, 0) is 44.0 Å². The van der Waals surface area contributed by atoms with Crippen LogP contribution >= 0.6 is 11.3 Å². The largest absolute Gasteiger partial charge is 0.484 e. The van der Waals surface area contributed by atoms with E-state index in [-0.39, 0.29) is 12.5 Å². The van der Waals surface area contributed by atoms with E-state index in [0.29, 0.717) is 5.75 Å². The Balaban J connectivity index is 1.80. The van der Waals surface area contributed by atoms with Gasteiger partial charge in [0.05, 0.1) is 16.9 Å². The van der Waals surface area contributed by atoms with Gasteiger partial charge in [0, 0.05) is 5.38 Å². The summed E-state index contributed by atoms with van der Waals surface area (Å²) in [6.45, 7) is 5.81. The van der Waals surface area contributed by atoms with Crippen molar-refractivity contribution in [2.24, 2.45) is 5.10 Å². The second-order valence-electron chi connectivity index (χ2n) is 4.70. The number of nitrogens with one attached hydrogen (secondary N) is 1. The number of carbonyl (C=O) groups is 1. The van der Waals surface area contributed by atoms with Crippen molar-refractivity contribution in [1.82, 2.24) is 10.4 Å². The zero-order valence-corrected chi connectivity index (χ0v) is 13.0. The lowest BCUT2D eigenvalue weighted by Gasteiger charge is -2.07. The number of carbonyl (C=O) groups excluding carboxylic acids is 1. The van der Waals surface area contributed by atoms with Crippen molar-refractivity contribution in [2.45, 2.75) is 20.8 Å². The summed E-state index contributed by atoms with van der Waals surface area (Å²) in [4.78, 5) is 15.8. The monoisotopic (exact) mass is 303 g/mol. The molecule has 0 bridgehead atoms. The highest BCUT2D eigenvalue weighted by Gasteiger charge is 2.02. The standard InChI is InChI=1S/C15H17N3O2S/c1-10-4-11(2)6-14(5-10)20-8-15(19)18-16-7-13-9-21-12(3)17-13/h4-7,9H,8H2,1-3H3,(H,18,19)/b16-7-. The number of benzene rings is 1. The SMILES string of the molecule is Cc1cc(C)cc(OCC(=O)N/N=C\c2csc(C)n2)c1. The summed E-state index contributed by atoms with van der Waals surface area (Å²) in [6.07, 6.45) is 1.51. The molecule has 0 spiro atoms. The first-order valence-electron chi connectivity index (χ1n) is 6.48. The third kappa shape index (κ3) is 5.00. The molecule has 21 heavy (non-hydrogen) atoms. The van der Waals surface area contributed by atoms with Crippen molar-refractivity contribution in [1.29, 1.82) is 0 Å². The lowest BCUT2D eigenvalue weighted by Crippen LogP contribution is -2.24. The predicted molar refractivity (Wildman–Crippen MR) is 84.0 cm³/mol. The number of ether oxygens (including phenoxy) is 1. The Labute approximate surface area is 127 Å². The molecule has 1 N–H and O–H groups in total. The van der Waals surface area contributed by atoms with Gasteiger partial charge in [-0.1, -0.05) is 6.07 Å². The number of thiazole rings is 1. The van der Waals surface area contributed by atoms with Gasteiger partial charge >= 0.3 is 0 Å². The van der Waals surface area contributed by atoms with Crippen molar-refractivity contribution in [3.8, 4) is 5.75 Å². The van der Waals surface area contributed by atoms with Crippen molar-refractivity contribution < 1.29 is 9.53 Å². The molecule has 0 radical (unpaired) electrons. The van der Waals surface area contributed by atoms with E-state index in [2.05, 4.69) is 15.5 Å². The molecule has 1 aromatic heterocycles. The summed E-state index contributed by atoms with van der Waals surface area (Å²) in [6, 6.07) is 5.83. The van der Waals surface area contributed by atoms with Crippen LogP contribution in [0.25, 0.3) is 0 Å². The van der Waals surface area contributed by atoms with Crippen molar-refractivity contribution in [3.63, 3.8) is 0 Å². The molecule has 0 saturated carbocycles. The van der Waals surface area contributed by atoms with Crippen molar-refractivity contribution in [3.05, 3.63) is 45.4 Å². The number of hydrogen-bond donors (Lipinski definition) is 1. The highest BCUT2D eigenvalue weighted by Crippen LogP contribution is 2.15. The minimum Gasteiger partial charge on any atom is -0.484 e. The molecule has 6 heteroatoms. The molecule has 0 aliphatic rings. The fraction of sp³-hybridized carbons (Fsp3) is 0.267. The van der Waals surface area contributed by atoms with Gasteiger partial charge in [0.1, 0.15) is 5.75 Å². The number of hydrazone groups is 1. The topological polar surface area (TPSA) is 63.6 Å². The van der Waals surface area contributed by atoms with Crippen LogP contribution in [0.15, 0.2) is 28.7 Å². The van der Waals surface area contributed by atoms with Gasteiger partial charge in [-0.15, -0.1) is 11.3 Å². The van der Waals surface area contributed by atoms with Crippen LogP contribution in [0, 0.1) is 20.8 Å². The lowest BCUT2D eigenvalue weighted by molar-refractivity contribution is -0.123. The van der Waals surface area contributed by atoms with E-state index in [0.717, 1.165) is 21.8 Å². The summed E-state index contributed by atoms with van der Waals surface area (Å²) in [5.41, 5.74) is 5.34. The van der Waals surface area contributed by atoms with E-state index in [9.17, 15) is 4.79 Å². The summed E-state index contributed by atoms with van der Waals surface area (Å²) in [7, 11) is 0. The van der Waals surface area contributed by atoms with Gasteiger partial charge < -0.3 is 4.74 Å². The number of aryl methyl sites for hydroxylation is 3. The van der Waals surface area contributed by atoms with Crippen molar-refractivity contribution in [2.75, 3.05) is 6.61 Å². The average molecular weight is 303 g/mol. The number of nitrogens with zero attached hydrogens (tertiary/aromatic N) is 2. The molecule has 0 fully saturated rings. The van der Waals surface area contributed by atoms with E-state index in [1.807, 2.05) is 44.4 Å². The van der Waals surface area contributed by atoms with Crippen LogP contribution in [0.3, 0.4) is 0 Å². The van der Waals surface area contributed by atoms with Gasteiger partial charge in [0.15, 0.2) is 6.61 Å². The fourth-order valence-electron chi connectivity index (χ4n) is 1.81. The smallest absolute Gasteiger partial charge is 0.277 e. The molecule has 0 aliphatic carbocycles. The number of amides is 1. The van der Waals surface area contributed by atoms with Gasteiger partial charge in [0.2, 0.25) is 0 Å². The second kappa shape index (κ2) is 6.99. The normalized spacial score (nSPS) is 10.8. The Bertz CT molecular complexity index is 644. The molecule has 2 aromatic rings. The van der Waals surface area contributed by atoms with Gasteiger partial charge in [-0.3, -0.25) is 4.79 Å². The van der Waals surface area contributed by atoms with E-state index in [4.69, 9.17) is 4.74 Å². The zero-order valence-electron chi connectivity index (χ0n) is 12.2. The third-order valence-electron chi connectivity index (χ3n) is 2.59. The second-order valence-corrected chi connectivity index (χ2v) is 5.76. The van der Waals surface area contributed by atoms with E-state index in [1.165, 1.54) is 17.6 Å². The minimum atomic E-state index is -0.308. The first-order valence-corrected chi connectivity index (χ1v) is 7.36. The van der Waals surface area contributed by atoms with Crippen LogP contribution in [0.4, 0.5) is 0 Å². The van der Waals surface area contributed by atoms with Crippen LogP contribution in [-0.4, -0.2) is 23.7 Å². The van der Waals surface area contributed by atoms with Crippen LogP contribution < -0.4 is 10.2 Å². The van der Waals surface area contributed by atoms with E-state index >= 15 is 0 Å². The first-order chi connectivity index (χ1) is 10.0. The summed E-state index contributed by atoms with van der Waals surface area (Å²) in [5, 5.41) is 6.67. The quantitative estimate of drug-likeness (QED) is 0.682. The van der Waals surface area contributed by atoms with Gasteiger partial charge in [0.25, 0.3) is 5.91 Å². The fourth-order valence-corrected chi connectivity index (χ4v) is 2.37. The predicted octanol–water partition coefficient (Wildman–Crippen LogP) is 2.60. The van der Waals surface area contributed by atoms with Crippen LogP contribution in [0.1, 0.15) is 21.8 Å². The highest BCUT2D eigenvalue weighted by atomic mass is 32.1. The molecule has 1 aromatic carbocycles. The third-order valence-corrected chi connectivity index (χ3v) is 3.38. The Morgan fingerprint density at radius 3 is 2.67 bits per heavy atom. The average Bonchev–Trinajstić information content (AvgIpc) is 2.81. The number of aromatic nitrogens is 1. The van der Waals surface area contributed by atoms with Gasteiger partial charge in [-0.2, -0.15) is 5.10 Å². The Morgan fingerprint density at radius 2 is 2.05 bits per heavy atom.